The highest BCUT2D eigenvalue weighted by atomic mass is 14.0. The molecule has 0 amide bonds. The molecular weight excluding hydrogens is 120 g/mol. The summed E-state index contributed by atoms with van der Waals surface area (Å²) in [6, 6.07) is 0. The summed E-state index contributed by atoms with van der Waals surface area (Å²) in [5, 5.41) is 0. The minimum absolute atomic E-state index is 0.849. The molecule has 0 unspecified atom stereocenters. The summed E-state index contributed by atoms with van der Waals surface area (Å²) < 4.78 is 0. The van der Waals surface area contributed by atoms with Crippen LogP contribution in [0.1, 0.15) is 52.9 Å². The Morgan fingerprint density at radius 3 is 2.40 bits per heavy atom. The maximum atomic E-state index is 2.43. The van der Waals surface area contributed by atoms with Gasteiger partial charge in [-0.1, -0.05) is 46.5 Å². The molecule has 0 aliphatic carbocycles. The van der Waals surface area contributed by atoms with Crippen LogP contribution in [-0.2, 0) is 0 Å². The van der Waals surface area contributed by atoms with Gasteiger partial charge in [-0.15, -0.1) is 0 Å². The summed E-state index contributed by atoms with van der Waals surface area (Å²) in [4.78, 5) is 0. The molecule has 0 heterocycles. The van der Waals surface area contributed by atoms with Crippen LogP contribution in [0.15, 0.2) is 0 Å². The van der Waals surface area contributed by atoms with Crippen LogP contribution < -0.4 is 0 Å². The van der Waals surface area contributed by atoms with E-state index >= 15 is 0 Å². The first-order chi connectivity index (χ1) is 4.77. The molecule has 1 radical (unpaired) electrons. The Bertz CT molecular complexity index is 55.1. The lowest BCUT2D eigenvalue weighted by Gasteiger charge is -2.02. The van der Waals surface area contributed by atoms with Crippen molar-refractivity contribution in [2.45, 2.75) is 52.9 Å². The normalized spacial score (nSPS) is 10.8. The van der Waals surface area contributed by atoms with Crippen LogP contribution >= 0.6 is 0 Å². The van der Waals surface area contributed by atoms with E-state index in [0.29, 0.717) is 0 Å². The third-order valence-electron chi connectivity index (χ3n) is 1.65. The molecule has 0 aliphatic rings. The SMILES string of the molecule is CCCCC[CH]CC(C)C. The van der Waals surface area contributed by atoms with Crippen molar-refractivity contribution in [2.24, 2.45) is 5.92 Å². The second-order valence-corrected chi connectivity index (χ2v) is 3.41. The van der Waals surface area contributed by atoms with Crippen LogP contribution in [0.5, 0.6) is 0 Å². The molecule has 0 rings (SSSR count). The summed E-state index contributed by atoms with van der Waals surface area (Å²) in [5.74, 6) is 0.849. The van der Waals surface area contributed by atoms with E-state index in [1.165, 1.54) is 32.1 Å². The molecule has 0 heteroatoms. The van der Waals surface area contributed by atoms with Crippen LogP contribution in [0, 0.1) is 12.3 Å². The van der Waals surface area contributed by atoms with Gasteiger partial charge in [-0.3, -0.25) is 0 Å². The summed E-state index contributed by atoms with van der Waals surface area (Å²) in [7, 11) is 0. The van der Waals surface area contributed by atoms with Crippen LogP contribution in [0.4, 0.5) is 0 Å². The van der Waals surface area contributed by atoms with E-state index in [1.807, 2.05) is 0 Å². The van der Waals surface area contributed by atoms with E-state index in [9.17, 15) is 0 Å². The van der Waals surface area contributed by atoms with Crippen molar-refractivity contribution in [3.05, 3.63) is 6.42 Å². The standard InChI is InChI=1S/C10H21/c1-4-5-6-7-8-9-10(2)3/h8,10H,4-7,9H2,1-3H3. The fourth-order valence-electron chi connectivity index (χ4n) is 0.990. The minimum Gasteiger partial charge on any atom is -0.0654 e. The fourth-order valence-corrected chi connectivity index (χ4v) is 0.990. The van der Waals surface area contributed by atoms with E-state index < -0.39 is 0 Å². The lowest BCUT2D eigenvalue weighted by Crippen LogP contribution is -1.87. The first-order valence-corrected chi connectivity index (χ1v) is 4.59. The maximum Gasteiger partial charge on any atom is -0.0383 e. The van der Waals surface area contributed by atoms with E-state index in [0.717, 1.165) is 5.92 Å². The van der Waals surface area contributed by atoms with Crippen molar-refractivity contribution in [3.8, 4) is 0 Å². The molecule has 0 N–H and O–H groups in total. The number of rotatable bonds is 6. The van der Waals surface area contributed by atoms with Gasteiger partial charge in [-0.2, -0.15) is 0 Å². The molecule has 0 atom stereocenters. The van der Waals surface area contributed by atoms with Gasteiger partial charge in [0.15, 0.2) is 0 Å². The summed E-state index contributed by atoms with van der Waals surface area (Å²) in [6.07, 6.45) is 9.18. The Balaban J connectivity index is 2.77. The molecule has 0 spiro atoms. The van der Waals surface area contributed by atoms with E-state index in [1.54, 1.807) is 0 Å². The van der Waals surface area contributed by atoms with Gasteiger partial charge >= 0.3 is 0 Å². The van der Waals surface area contributed by atoms with Gasteiger partial charge in [0.25, 0.3) is 0 Å². The van der Waals surface area contributed by atoms with Gasteiger partial charge in [0.2, 0.25) is 0 Å². The summed E-state index contributed by atoms with van der Waals surface area (Å²) in [6.45, 7) is 6.80. The predicted molar refractivity (Wildman–Crippen MR) is 47.9 cm³/mol. The Hall–Kier alpha value is 0. The highest BCUT2D eigenvalue weighted by molar-refractivity contribution is 4.65. The molecule has 0 aliphatic heterocycles. The molecule has 0 bridgehead atoms. The Morgan fingerprint density at radius 1 is 1.20 bits per heavy atom. The molecule has 0 saturated heterocycles. The predicted octanol–water partition coefficient (Wildman–Crippen LogP) is 3.82. The molecule has 0 aromatic carbocycles. The van der Waals surface area contributed by atoms with Crippen LogP contribution in [-0.4, -0.2) is 0 Å². The summed E-state index contributed by atoms with van der Waals surface area (Å²) >= 11 is 0. The smallest absolute Gasteiger partial charge is 0.0383 e. The summed E-state index contributed by atoms with van der Waals surface area (Å²) in [5.41, 5.74) is 0. The Kier molecular flexibility index (Phi) is 7.11. The zero-order chi connectivity index (χ0) is 7.82. The number of hydrogen-bond donors (Lipinski definition) is 0. The third-order valence-corrected chi connectivity index (χ3v) is 1.65. The third kappa shape index (κ3) is 8.00. The van der Waals surface area contributed by atoms with Crippen molar-refractivity contribution >= 4 is 0 Å². The Morgan fingerprint density at radius 2 is 1.90 bits per heavy atom. The average Bonchev–Trinajstić information content (AvgIpc) is 1.87. The lowest BCUT2D eigenvalue weighted by atomic mass is 10.0. The fraction of sp³-hybridized carbons (Fsp3) is 0.900. The van der Waals surface area contributed by atoms with Crippen molar-refractivity contribution in [2.75, 3.05) is 0 Å². The van der Waals surface area contributed by atoms with Crippen LogP contribution in [0.25, 0.3) is 0 Å². The lowest BCUT2D eigenvalue weighted by molar-refractivity contribution is 0.601. The largest absolute Gasteiger partial charge is 0.0654 e. The maximum absolute atomic E-state index is 2.43. The topological polar surface area (TPSA) is 0 Å². The second-order valence-electron chi connectivity index (χ2n) is 3.41. The molecular formula is C10H21. The van der Waals surface area contributed by atoms with Crippen molar-refractivity contribution in [1.82, 2.24) is 0 Å². The van der Waals surface area contributed by atoms with Crippen LogP contribution in [0.3, 0.4) is 0 Å². The average molecular weight is 141 g/mol. The van der Waals surface area contributed by atoms with Gasteiger partial charge in [0.1, 0.15) is 0 Å². The molecule has 0 aromatic rings. The number of hydrogen-bond acceptors (Lipinski definition) is 0. The van der Waals surface area contributed by atoms with Gasteiger partial charge < -0.3 is 0 Å². The van der Waals surface area contributed by atoms with E-state index in [4.69, 9.17) is 0 Å². The van der Waals surface area contributed by atoms with Crippen LogP contribution in [0.2, 0.25) is 0 Å². The minimum atomic E-state index is 0.849. The first kappa shape index (κ1) is 10.0. The van der Waals surface area contributed by atoms with Gasteiger partial charge in [0, 0.05) is 0 Å². The molecule has 0 saturated carbocycles. The van der Waals surface area contributed by atoms with Gasteiger partial charge in [-0.05, 0) is 18.8 Å². The van der Waals surface area contributed by atoms with Crippen molar-refractivity contribution in [1.29, 1.82) is 0 Å². The monoisotopic (exact) mass is 141 g/mol. The second kappa shape index (κ2) is 7.11. The van der Waals surface area contributed by atoms with Crippen molar-refractivity contribution < 1.29 is 0 Å². The highest BCUT2D eigenvalue weighted by Gasteiger charge is 1.93. The molecule has 0 aromatic heterocycles. The molecule has 0 nitrogen and oxygen atoms in total. The van der Waals surface area contributed by atoms with Crippen molar-refractivity contribution in [3.63, 3.8) is 0 Å². The van der Waals surface area contributed by atoms with E-state index in [2.05, 4.69) is 27.2 Å². The Labute approximate surface area is 66.0 Å². The quantitative estimate of drug-likeness (QED) is 0.493. The van der Waals surface area contributed by atoms with E-state index in [-0.39, 0.29) is 0 Å². The first-order valence-electron chi connectivity index (χ1n) is 4.59. The molecule has 10 heavy (non-hydrogen) atoms. The molecule has 61 valence electrons. The van der Waals surface area contributed by atoms with Gasteiger partial charge in [-0.25, -0.2) is 0 Å². The molecule has 0 fully saturated rings. The highest BCUT2D eigenvalue weighted by Crippen LogP contribution is 2.08. The zero-order valence-electron chi connectivity index (χ0n) is 7.69. The zero-order valence-corrected chi connectivity index (χ0v) is 7.69. The van der Waals surface area contributed by atoms with Gasteiger partial charge in [0.05, 0.1) is 0 Å². The number of unbranched alkanes of at least 4 members (excludes halogenated alkanes) is 4.